The molecule has 3 aromatic carbocycles. The van der Waals surface area contributed by atoms with E-state index in [0.717, 1.165) is 9.13 Å². The van der Waals surface area contributed by atoms with Gasteiger partial charge in [0.25, 0.3) is 5.91 Å². The second-order valence-electron chi connectivity index (χ2n) is 6.89. The molecule has 0 radical (unpaired) electrons. The summed E-state index contributed by atoms with van der Waals surface area (Å²) in [5, 5.41) is 12.1. The smallest absolute Gasteiger partial charge is 0.339 e. The minimum atomic E-state index is -4.07. The van der Waals surface area contributed by atoms with Crippen molar-refractivity contribution < 1.29 is 22.1 Å². The maximum absolute atomic E-state index is 12.6. The van der Waals surface area contributed by atoms with Crippen molar-refractivity contribution in [3.05, 3.63) is 87.0 Å². The van der Waals surface area contributed by atoms with Gasteiger partial charge in [0.05, 0.1) is 7.11 Å². The zero-order chi connectivity index (χ0) is 24.0. The Balaban J connectivity index is 1.83. The van der Waals surface area contributed by atoms with Gasteiger partial charge in [0.2, 0.25) is 0 Å². The van der Waals surface area contributed by atoms with Crippen LogP contribution < -0.4 is 14.2 Å². The summed E-state index contributed by atoms with van der Waals surface area (Å²) in [5.74, 6) is -0.452. The molecule has 0 saturated heterocycles. The van der Waals surface area contributed by atoms with Crippen molar-refractivity contribution in [2.45, 2.75) is 11.8 Å². The molecule has 0 aliphatic heterocycles. The molecule has 33 heavy (non-hydrogen) atoms. The minimum Gasteiger partial charge on any atom is -0.493 e. The molecule has 0 aliphatic rings. The number of methoxy groups -OCH3 is 1. The Bertz CT molecular complexity index is 1340. The van der Waals surface area contributed by atoms with Gasteiger partial charge in [0.15, 0.2) is 11.5 Å². The van der Waals surface area contributed by atoms with Crippen LogP contribution in [0.15, 0.2) is 77.2 Å². The number of amides is 1. The first-order valence-corrected chi connectivity index (χ1v) is 12.1. The zero-order valence-electron chi connectivity index (χ0n) is 17.7. The van der Waals surface area contributed by atoms with Crippen molar-refractivity contribution in [2.75, 3.05) is 12.4 Å². The van der Waals surface area contributed by atoms with Gasteiger partial charge in [-0.05, 0) is 89.7 Å². The lowest BCUT2D eigenvalue weighted by molar-refractivity contribution is -0.112. The summed E-state index contributed by atoms with van der Waals surface area (Å²) in [4.78, 5) is 12.5. The fourth-order valence-corrected chi connectivity index (χ4v) is 4.06. The zero-order valence-corrected chi connectivity index (χ0v) is 20.7. The summed E-state index contributed by atoms with van der Waals surface area (Å²) in [6, 6.07) is 19.7. The van der Waals surface area contributed by atoms with E-state index in [2.05, 4.69) is 27.9 Å². The first-order chi connectivity index (χ1) is 15.7. The summed E-state index contributed by atoms with van der Waals surface area (Å²) < 4.78 is 36.7. The van der Waals surface area contributed by atoms with Gasteiger partial charge >= 0.3 is 10.1 Å². The Hall–Kier alpha value is -3.36. The summed E-state index contributed by atoms with van der Waals surface area (Å²) in [5.41, 5.74) is 1.81. The summed E-state index contributed by atoms with van der Waals surface area (Å²) in [6.07, 6.45) is 1.38. The molecule has 7 nitrogen and oxygen atoms in total. The van der Waals surface area contributed by atoms with Crippen LogP contribution in [0.3, 0.4) is 0 Å². The highest BCUT2D eigenvalue weighted by Crippen LogP contribution is 2.31. The van der Waals surface area contributed by atoms with Crippen molar-refractivity contribution in [3.8, 4) is 17.6 Å². The molecule has 0 aliphatic carbocycles. The number of nitriles is 1. The molecule has 3 rings (SSSR count). The molecule has 0 atom stereocenters. The van der Waals surface area contributed by atoms with Crippen molar-refractivity contribution in [2.24, 2.45) is 0 Å². The van der Waals surface area contributed by atoms with Crippen LogP contribution in [0.2, 0.25) is 0 Å². The van der Waals surface area contributed by atoms with E-state index in [1.807, 2.05) is 25.1 Å². The van der Waals surface area contributed by atoms with Gasteiger partial charge in [-0.15, -0.1) is 0 Å². The van der Waals surface area contributed by atoms with Gasteiger partial charge in [-0.1, -0.05) is 23.8 Å². The SMILES string of the molecule is COc1cc(/C=C(/C#N)C(=O)Nc2ccc(I)cc2)ccc1OS(=O)(=O)c1ccc(C)cc1. The highest BCUT2D eigenvalue weighted by atomic mass is 127. The van der Waals surface area contributed by atoms with E-state index in [-0.39, 0.29) is 22.0 Å². The van der Waals surface area contributed by atoms with E-state index in [1.165, 1.54) is 43.5 Å². The molecule has 0 saturated carbocycles. The van der Waals surface area contributed by atoms with Gasteiger partial charge in [0, 0.05) is 9.26 Å². The number of carbonyl (C=O) groups excluding carboxylic acids is 1. The lowest BCUT2D eigenvalue weighted by atomic mass is 10.1. The Morgan fingerprint density at radius 3 is 2.30 bits per heavy atom. The third-order valence-electron chi connectivity index (χ3n) is 4.48. The van der Waals surface area contributed by atoms with Gasteiger partial charge < -0.3 is 14.2 Å². The Morgan fingerprint density at radius 1 is 1.03 bits per heavy atom. The van der Waals surface area contributed by atoms with E-state index >= 15 is 0 Å². The summed E-state index contributed by atoms with van der Waals surface area (Å²) >= 11 is 2.15. The third-order valence-corrected chi connectivity index (χ3v) is 6.44. The molecule has 0 heterocycles. The molecule has 0 spiro atoms. The second-order valence-corrected chi connectivity index (χ2v) is 9.68. The fraction of sp³-hybridized carbons (Fsp3) is 0.0833. The lowest BCUT2D eigenvalue weighted by Gasteiger charge is -2.12. The largest absolute Gasteiger partial charge is 0.493 e. The van der Waals surface area contributed by atoms with E-state index in [4.69, 9.17) is 8.92 Å². The van der Waals surface area contributed by atoms with Crippen molar-refractivity contribution in [1.82, 2.24) is 0 Å². The first kappa shape index (κ1) is 24.3. The quantitative estimate of drug-likeness (QED) is 0.186. The van der Waals surface area contributed by atoms with E-state index in [0.29, 0.717) is 11.3 Å². The van der Waals surface area contributed by atoms with Crippen LogP contribution in [-0.2, 0) is 14.9 Å². The topological polar surface area (TPSA) is 105 Å². The predicted octanol–water partition coefficient (Wildman–Crippen LogP) is 4.92. The number of ether oxygens (including phenoxy) is 1. The second kappa shape index (κ2) is 10.5. The van der Waals surface area contributed by atoms with Crippen molar-refractivity contribution in [1.29, 1.82) is 5.26 Å². The number of halogens is 1. The number of benzene rings is 3. The standard InChI is InChI=1S/C24H19IN2O5S/c1-16-3-10-21(11-4-16)33(29,30)32-22-12-5-17(14-23(22)31-2)13-18(15-26)24(28)27-20-8-6-19(25)7-9-20/h3-14H,1-2H3,(H,27,28)/b18-13-. The van der Waals surface area contributed by atoms with Crippen LogP contribution in [0.5, 0.6) is 11.5 Å². The fourth-order valence-electron chi connectivity index (χ4n) is 2.76. The number of carbonyl (C=O) groups is 1. The number of nitrogens with zero attached hydrogens (tertiary/aromatic N) is 1. The van der Waals surface area contributed by atoms with Crippen LogP contribution in [0.1, 0.15) is 11.1 Å². The number of anilines is 1. The number of nitrogens with one attached hydrogen (secondary N) is 1. The lowest BCUT2D eigenvalue weighted by Crippen LogP contribution is -2.13. The molecule has 0 bridgehead atoms. The molecule has 0 fully saturated rings. The summed E-state index contributed by atoms with van der Waals surface area (Å²) in [6.45, 7) is 1.85. The molecule has 0 aromatic heterocycles. The minimum absolute atomic E-state index is 0.0122. The van der Waals surface area contributed by atoms with E-state index in [1.54, 1.807) is 24.3 Å². The highest BCUT2D eigenvalue weighted by Gasteiger charge is 2.19. The summed E-state index contributed by atoms with van der Waals surface area (Å²) in [7, 11) is -2.70. The number of rotatable bonds is 7. The average Bonchev–Trinajstić information content (AvgIpc) is 2.79. The van der Waals surface area contributed by atoms with Gasteiger partial charge in [-0.3, -0.25) is 4.79 Å². The van der Waals surface area contributed by atoms with E-state index < -0.39 is 16.0 Å². The first-order valence-electron chi connectivity index (χ1n) is 9.60. The molecule has 3 aromatic rings. The Morgan fingerprint density at radius 2 is 1.70 bits per heavy atom. The van der Waals surface area contributed by atoms with E-state index in [9.17, 15) is 18.5 Å². The molecular formula is C24H19IN2O5S. The van der Waals surface area contributed by atoms with Crippen molar-refractivity contribution in [3.63, 3.8) is 0 Å². The van der Waals surface area contributed by atoms with Gasteiger partial charge in [0.1, 0.15) is 16.5 Å². The monoisotopic (exact) mass is 574 g/mol. The van der Waals surface area contributed by atoms with Crippen LogP contribution >= 0.6 is 22.6 Å². The molecule has 1 amide bonds. The maximum Gasteiger partial charge on any atom is 0.339 e. The van der Waals surface area contributed by atoms with Crippen LogP contribution in [-0.4, -0.2) is 21.4 Å². The van der Waals surface area contributed by atoms with Crippen LogP contribution in [0.4, 0.5) is 5.69 Å². The van der Waals surface area contributed by atoms with Crippen molar-refractivity contribution >= 4 is 50.4 Å². The molecule has 168 valence electrons. The maximum atomic E-state index is 12.6. The number of hydrogen-bond donors (Lipinski definition) is 1. The van der Waals surface area contributed by atoms with Gasteiger partial charge in [-0.25, -0.2) is 0 Å². The van der Waals surface area contributed by atoms with Crippen LogP contribution in [0.25, 0.3) is 6.08 Å². The third kappa shape index (κ3) is 6.34. The molecule has 0 unspecified atom stereocenters. The average molecular weight is 574 g/mol. The highest BCUT2D eigenvalue weighted by molar-refractivity contribution is 14.1. The molecule has 1 N–H and O–H groups in total. The Labute approximate surface area is 205 Å². The van der Waals surface area contributed by atoms with Crippen LogP contribution in [0, 0.1) is 21.8 Å². The Kier molecular flexibility index (Phi) is 7.73. The number of aryl methyl sites for hydroxylation is 1. The molecular weight excluding hydrogens is 555 g/mol. The number of hydrogen-bond acceptors (Lipinski definition) is 6. The normalized spacial score (nSPS) is 11.4. The molecule has 9 heteroatoms. The predicted molar refractivity (Wildman–Crippen MR) is 133 cm³/mol. The van der Waals surface area contributed by atoms with Gasteiger partial charge in [-0.2, -0.15) is 13.7 Å².